The lowest BCUT2D eigenvalue weighted by atomic mass is 10.3. The number of benzene rings is 1. The molecular formula is C13H12O4S. The number of carbonyl (C=O) groups is 1. The summed E-state index contributed by atoms with van der Waals surface area (Å²) in [6, 6.07) is 9.04. The van der Waals surface area contributed by atoms with E-state index in [-0.39, 0.29) is 5.56 Å². The van der Waals surface area contributed by atoms with Crippen LogP contribution in [-0.4, -0.2) is 18.2 Å². The Balaban J connectivity index is 2.11. The molecule has 0 saturated carbocycles. The van der Waals surface area contributed by atoms with Gasteiger partial charge < -0.3 is 14.3 Å². The monoisotopic (exact) mass is 264 g/mol. The van der Waals surface area contributed by atoms with Crippen LogP contribution in [0.2, 0.25) is 0 Å². The summed E-state index contributed by atoms with van der Waals surface area (Å²) in [6.45, 7) is 0. The fourth-order valence-electron chi connectivity index (χ4n) is 1.52. The van der Waals surface area contributed by atoms with Crippen LogP contribution in [-0.2, 0) is 5.75 Å². The Morgan fingerprint density at radius 3 is 2.89 bits per heavy atom. The van der Waals surface area contributed by atoms with Crippen molar-refractivity contribution in [3.8, 4) is 5.75 Å². The maximum Gasteiger partial charge on any atom is 0.339 e. The summed E-state index contributed by atoms with van der Waals surface area (Å²) in [5, 5.41) is 8.96. The van der Waals surface area contributed by atoms with Gasteiger partial charge in [-0.3, -0.25) is 0 Å². The summed E-state index contributed by atoms with van der Waals surface area (Å²) in [4.78, 5) is 11.9. The largest absolute Gasteiger partial charge is 0.496 e. The van der Waals surface area contributed by atoms with Crippen molar-refractivity contribution in [3.63, 3.8) is 0 Å². The van der Waals surface area contributed by atoms with Crippen molar-refractivity contribution in [3.05, 3.63) is 47.9 Å². The van der Waals surface area contributed by atoms with Crippen molar-refractivity contribution in [1.29, 1.82) is 0 Å². The van der Waals surface area contributed by atoms with Crippen LogP contribution in [0.4, 0.5) is 0 Å². The molecule has 0 aliphatic heterocycles. The lowest BCUT2D eigenvalue weighted by Crippen LogP contribution is -1.97. The quantitative estimate of drug-likeness (QED) is 0.840. The van der Waals surface area contributed by atoms with Gasteiger partial charge in [-0.25, -0.2) is 4.79 Å². The molecule has 1 heterocycles. The molecule has 0 atom stereocenters. The number of carboxylic acid groups (broad SMARTS) is 1. The van der Waals surface area contributed by atoms with Crippen molar-refractivity contribution >= 4 is 17.7 Å². The summed E-state index contributed by atoms with van der Waals surface area (Å²) in [5.74, 6) is 0.707. The highest BCUT2D eigenvalue weighted by Crippen LogP contribution is 2.32. The molecule has 4 nitrogen and oxygen atoms in total. The van der Waals surface area contributed by atoms with Gasteiger partial charge in [0.25, 0.3) is 0 Å². The maximum absolute atomic E-state index is 10.9. The second-order valence-electron chi connectivity index (χ2n) is 3.50. The highest BCUT2D eigenvalue weighted by atomic mass is 32.2. The lowest BCUT2D eigenvalue weighted by Gasteiger charge is -2.06. The number of methoxy groups -OCH3 is 1. The van der Waals surface area contributed by atoms with Crippen LogP contribution in [0.15, 0.2) is 45.9 Å². The first-order chi connectivity index (χ1) is 8.72. The first-order valence-electron chi connectivity index (χ1n) is 5.28. The Labute approximate surface area is 109 Å². The van der Waals surface area contributed by atoms with Gasteiger partial charge in [-0.15, -0.1) is 11.8 Å². The Morgan fingerprint density at radius 1 is 1.39 bits per heavy atom. The van der Waals surface area contributed by atoms with Gasteiger partial charge >= 0.3 is 5.97 Å². The molecule has 0 spiro atoms. The zero-order valence-electron chi connectivity index (χ0n) is 9.75. The summed E-state index contributed by atoms with van der Waals surface area (Å²) in [5.41, 5.74) is 0.206. The lowest BCUT2D eigenvalue weighted by molar-refractivity contribution is 0.0695. The number of aromatic carboxylic acids is 1. The third kappa shape index (κ3) is 2.68. The van der Waals surface area contributed by atoms with Crippen LogP contribution in [0.3, 0.4) is 0 Å². The van der Waals surface area contributed by atoms with E-state index in [4.69, 9.17) is 14.3 Å². The van der Waals surface area contributed by atoms with Crippen molar-refractivity contribution in [2.45, 2.75) is 10.6 Å². The Hall–Kier alpha value is -1.88. The first kappa shape index (κ1) is 12.6. The number of rotatable bonds is 5. The minimum absolute atomic E-state index is 0.206. The molecule has 18 heavy (non-hydrogen) atoms. The maximum atomic E-state index is 10.9. The molecule has 0 aliphatic rings. The topological polar surface area (TPSA) is 59.7 Å². The van der Waals surface area contributed by atoms with Gasteiger partial charge in [-0.1, -0.05) is 12.1 Å². The highest BCUT2D eigenvalue weighted by molar-refractivity contribution is 7.98. The van der Waals surface area contributed by atoms with E-state index >= 15 is 0 Å². The van der Waals surface area contributed by atoms with Crippen LogP contribution in [0, 0.1) is 0 Å². The SMILES string of the molecule is COc1ccccc1SCc1occc1C(=O)O. The van der Waals surface area contributed by atoms with Gasteiger partial charge in [-0.2, -0.15) is 0 Å². The van der Waals surface area contributed by atoms with Crippen LogP contribution in [0.25, 0.3) is 0 Å². The molecule has 0 fully saturated rings. The van der Waals surface area contributed by atoms with Crippen molar-refractivity contribution in [1.82, 2.24) is 0 Å². The van der Waals surface area contributed by atoms with Gasteiger partial charge in [0, 0.05) is 4.90 Å². The van der Waals surface area contributed by atoms with Gasteiger partial charge in [-0.05, 0) is 18.2 Å². The molecule has 2 rings (SSSR count). The molecule has 94 valence electrons. The van der Waals surface area contributed by atoms with E-state index in [1.54, 1.807) is 7.11 Å². The summed E-state index contributed by atoms with van der Waals surface area (Å²) >= 11 is 1.48. The Kier molecular flexibility index (Phi) is 3.94. The first-order valence-corrected chi connectivity index (χ1v) is 6.26. The highest BCUT2D eigenvalue weighted by Gasteiger charge is 2.14. The molecule has 0 unspecified atom stereocenters. The molecule has 0 bridgehead atoms. The number of hydrogen-bond acceptors (Lipinski definition) is 4. The third-order valence-corrected chi connectivity index (χ3v) is 3.46. The number of hydrogen-bond donors (Lipinski definition) is 1. The number of ether oxygens (including phenoxy) is 1. The second-order valence-corrected chi connectivity index (χ2v) is 4.52. The predicted octanol–water partition coefficient (Wildman–Crippen LogP) is 3.28. The Bertz CT molecular complexity index is 547. The summed E-state index contributed by atoms with van der Waals surface area (Å²) in [6.07, 6.45) is 1.39. The van der Waals surface area contributed by atoms with Crippen molar-refractivity contribution < 1.29 is 19.1 Å². The van der Waals surface area contributed by atoms with E-state index in [0.717, 1.165) is 10.6 Å². The predicted molar refractivity (Wildman–Crippen MR) is 68.2 cm³/mol. The van der Waals surface area contributed by atoms with Crippen molar-refractivity contribution in [2.75, 3.05) is 7.11 Å². The van der Waals surface area contributed by atoms with Crippen LogP contribution in [0.1, 0.15) is 16.1 Å². The number of thioether (sulfide) groups is 1. The molecule has 0 radical (unpaired) electrons. The molecule has 1 aromatic carbocycles. The second kappa shape index (κ2) is 5.64. The fraction of sp³-hybridized carbons (Fsp3) is 0.154. The summed E-state index contributed by atoms with van der Waals surface area (Å²) < 4.78 is 10.4. The fourth-order valence-corrected chi connectivity index (χ4v) is 2.50. The molecule has 1 aromatic heterocycles. The van der Waals surface area contributed by atoms with E-state index in [1.807, 2.05) is 24.3 Å². The van der Waals surface area contributed by atoms with Crippen molar-refractivity contribution in [2.24, 2.45) is 0 Å². The van der Waals surface area contributed by atoms with E-state index in [2.05, 4.69) is 0 Å². The zero-order chi connectivity index (χ0) is 13.0. The minimum Gasteiger partial charge on any atom is -0.496 e. The smallest absolute Gasteiger partial charge is 0.339 e. The molecule has 1 N–H and O–H groups in total. The van der Waals surface area contributed by atoms with E-state index in [1.165, 1.54) is 24.1 Å². The number of carboxylic acids is 1. The van der Waals surface area contributed by atoms with E-state index in [9.17, 15) is 4.79 Å². The van der Waals surface area contributed by atoms with Gasteiger partial charge in [0.2, 0.25) is 0 Å². The molecule has 5 heteroatoms. The van der Waals surface area contributed by atoms with Crippen LogP contribution < -0.4 is 4.74 Å². The Morgan fingerprint density at radius 2 is 2.17 bits per heavy atom. The van der Waals surface area contributed by atoms with Gasteiger partial charge in [0.1, 0.15) is 17.1 Å². The molecular weight excluding hydrogens is 252 g/mol. The minimum atomic E-state index is -0.973. The standard InChI is InChI=1S/C13H12O4S/c1-16-10-4-2-3-5-12(10)18-8-11-9(13(14)15)6-7-17-11/h2-7H,8H2,1H3,(H,14,15). The number of furan rings is 1. The van der Waals surface area contributed by atoms with E-state index < -0.39 is 5.97 Å². The normalized spacial score (nSPS) is 10.3. The average molecular weight is 264 g/mol. The van der Waals surface area contributed by atoms with Gasteiger partial charge in [0.15, 0.2) is 0 Å². The summed E-state index contributed by atoms with van der Waals surface area (Å²) in [7, 11) is 1.61. The van der Waals surface area contributed by atoms with Gasteiger partial charge in [0.05, 0.1) is 19.1 Å². The van der Waals surface area contributed by atoms with Crippen LogP contribution >= 0.6 is 11.8 Å². The zero-order valence-corrected chi connectivity index (χ0v) is 10.6. The van der Waals surface area contributed by atoms with Crippen LogP contribution in [0.5, 0.6) is 5.75 Å². The third-order valence-electron chi connectivity index (χ3n) is 2.40. The number of para-hydroxylation sites is 1. The molecule has 0 saturated heterocycles. The molecule has 0 aliphatic carbocycles. The molecule has 0 amide bonds. The molecule has 2 aromatic rings. The average Bonchev–Trinajstić information content (AvgIpc) is 2.85. The van der Waals surface area contributed by atoms with E-state index in [0.29, 0.717) is 11.5 Å².